The summed E-state index contributed by atoms with van der Waals surface area (Å²) in [6, 6.07) is 9.79. The Morgan fingerprint density at radius 2 is 1.72 bits per heavy atom. The fraction of sp³-hybridized carbons (Fsp3) is 0.357. The van der Waals surface area contributed by atoms with Gasteiger partial charge < -0.3 is 14.6 Å². The van der Waals surface area contributed by atoms with Gasteiger partial charge in [-0.25, -0.2) is 19.3 Å². The number of carbonyl (C=O) groups is 1. The normalized spacial score (nSPS) is 10.9. The molecular weight excluding hydrogens is 514 g/mol. The first-order valence-corrected chi connectivity index (χ1v) is 12.3. The number of fused-ring (bicyclic) bond motifs is 1. The number of halogens is 4. The molecule has 210 valence electrons. The van der Waals surface area contributed by atoms with Crippen LogP contribution < -0.4 is 0 Å². The molecule has 4 aromatic rings. The van der Waals surface area contributed by atoms with Crippen LogP contribution in [0.4, 0.5) is 17.6 Å². The summed E-state index contributed by atoms with van der Waals surface area (Å²) < 4.78 is 54.3. The van der Waals surface area contributed by atoms with Gasteiger partial charge in [0, 0.05) is 24.4 Å². The Bertz CT molecular complexity index is 1290. The molecule has 0 amide bonds. The topological polar surface area (TPSA) is 84.0 Å². The van der Waals surface area contributed by atoms with Crippen LogP contribution in [0.15, 0.2) is 61.2 Å². The number of nitrogens with zero attached hydrogens (tertiary/aromatic N) is 4. The fourth-order valence-electron chi connectivity index (χ4n) is 3.25. The summed E-state index contributed by atoms with van der Waals surface area (Å²) in [5.74, 6) is 0.393. The average Bonchev–Trinajstić information content (AvgIpc) is 3.36. The molecule has 0 unspecified atom stereocenters. The highest BCUT2D eigenvalue weighted by Gasteiger charge is 2.30. The van der Waals surface area contributed by atoms with Crippen molar-refractivity contribution in [1.82, 2.24) is 24.8 Å². The number of nitrogens with one attached hydrogen (secondary N) is 1. The number of ether oxygens (including phenoxy) is 1. The molecule has 11 heteroatoms. The van der Waals surface area contributed by atoms with E-state index in [2.05, 4.69) is 24.8 Å². The third-order valence-electron chi connectivity index (χ3n) is 5.23. The monoisotopic (exact) mass is 547 g/mol. The Hall–Kier alpha value is -3.86. The van der Waals surface area contributed by atoms with Crippen LogP contribution in [-0.2, 0) is 15.7 Å². The van der Waals surface area contributed by atoms with Crippen molar-refractivity contribution in [3.8, 4) is 11.1 Å². The Labute approximate surface area is 225 Å². The molecule has 39 heavy (non-hydrogen) atoms. The maximum Gasteiger partial charge on any atom is 0.416 e. The second-order valence-electron chi connectivity index (χ2n) is 8.73. The molecule has 0 spiro atoms. The number of alkyl halides is 3. The SMILES string of the molecule is CCOC(=O)CCCCN(C)C.Cc1ncc(-c2cccc(F)c2)cn1.FC(F)(F)c1ccc2nc[nH]c2c1. The van der Waals surface area contributed by atoms with E-state index in [0.29, 0.717) is 29.9 Å². The second kappa shape index (κ2) is 15.5. The van der Waals surface area contributed by atoms with Crippen molar-refractivity contribution < 1.29 is 27.1 Å². The number of aromatic nitrogens is 4. The summed E-state index contributed by atoms with van der Waals surface area (Å²) in [7, 11) is 4.06. The maximum absolute atomic E-state index is 12.9. The number of carbonyl (C=O) groups excluding carboxylic acids is 1. The van der Waals surface area contributed by atoms with Crippen LogP contribution in [-0.4, -0.2) is 58.1 Å². The van der Waals surface area contributed by atoms with Gasteiger partial charge in [-0.1, -0.05) is 12.1 Å². The van der Waals surface area contributed by atoms with Crippen molar-refractivity contribution in [3.05, 3.63) is 78.4 Å². The van der Waals surface area contributed by atoms with Crippen LogP contribution >= 0.6 is 0 Å². The summed E-state index contributed by atoms with van der Waals surface area (Å²) in [6.45, 7) is 5.18. The number of unbranched alkanes of at least 4 members (excludes halogenated alkanes) is 1. The smallest absolute Gasteiger partial charge is 0.416 e. The first-order chi connectivity index (χ1) is 18.5. The maximum atomic E-state index is 12.9. The highest BCUT2D eigenvalue weighted by Crippen LogP contribution is 2.30. The van der Waals surface area contributed by atoms with Gasteiger partial charge in [-0.3, -0.25) is 4.79 Å². The number of imidazole rings is 1. The number of rotatable bonds is 7. The molecule has 2 heterocycles. The average molecular weight is 548 g/mol. The van der Waals surface area contributed by atoms with E-state index in [4.69, 9.17) is 4.74 Å². The van der Waals surface area contributed by atoms with E-state index in [1.807, 2.05) is 34.0 Å². The molecule has 2 aromatic heterocycles. The van der Waals surface area contributed by atoms with Crippen LogP contribution in [0, 0.1) is 12.7 Å². The number of aryl methyl sites for hydroxylation is 1. The number of H-pyrrole nitrogens is 1. The summed E-state index contributed by atoms with van der Waals surface area (Å²) in [5, 5.41) is 0. The van der Waals surface area contributed by atoms with Crippen molar-refractivity contribution in [2.24, 2.45) is 0 Å². The molecule has 0 atom stereocenters. The summed E-state index contributed by atoms with van der Waals surface area (Å²) in [6.07, 6.45) is 3.00. The van der Waals surface area contributed by atoms with Gasteiger partial charge in [0.05, 0.1) is 29.5 Å². The van der Waals surface area contributed by atoms with E-state index in [-0.39, 0.29) is 11.8 Å². The van der Waals surface area contributed by atoms with E-state index in [0.717, 1.165) is 42.6 Å². The number of benzene rings is 2. The van der Waals surface area contributed by atoms with Gasteiger partial charge in [-0.2, -0.15) is 13.2 Å². The first-order valence-electron chi connectivity index (χ1n) is 12.3. The number of aromatic amines is 1. The van der Waals surface area contributed by atoms with Crippen LogP contribution in [0.2, 0.25) is 0 Å². The number of hydrogen-bond donors (Lipinski definition) is 1. The van der Waals surface area contributed by atoms with Crippen LogP contribution in [0.3, 0.4) is 0 Å². The molecule has 0 bridgehead atoms. The standard InChI is InChI=1S/C11H9FN2.C9H19NO2.C8H5F3N2/c1-8-13-6-10(7-14-8)9-3-2-4-11(12)5-9;1-4-12-9(11)7-5-6-8-10(2)3;9-8(10,11)5-1-2-6-7(3-5)13-4-12-6/h2-7H,1H3;4-8H2,1-3H3;1-4H,(H,12,13). The van der Waals surface area contributed by atoms with Gasteiger partial charge in [-0.05, 0) is 83.2 Å². The van der Waals surface area contributed by atoms with Gasteiger partial charge in [-0.15, -0.1) is 0 Å². The van der Waals surface area contributed by atoms with Crippen molar-refractivity contribution >= 4 is 17.0 Å². The van der Waals surface area contributed by atoms with E-state index in [1.165, 1.54) is 24.5 Å². The molecule has 1 N–H and O–H groups in total. The molecule has 0 aliphatic rings. The zero-order chi connectivity index (χ0) is 28.8. The van der Waals surface area contributed by atoms with E-state index in [9.17, 15) is 22.4 Å². The molecule has 0 saturated carbocycles. The van der Waals surface area contributed by atoms with Crippen molar-refractivity contribution in [2.75, 3.05) is 27.2 Å². The van der Waals surface area contributed by atoms with Crippen molar-refractivity contribution in [1.29, 1.82) is 0 Å². The summed E-state index contributed by atoms with van der Waals surface area (Å²) in [4.78, 5) is 27.5. The summed E-state index contributed by atoms with van der Waals surface area (Å²) in [5.41, 5.74) is 1.90. The van der Waals surface area contributed by atoms with Crippen LogP contribution in [0.25, 0.3) is 22.2 Å². The Kier molecular flexibility index (Phi) is 12.5. The van der Waals surface area contributed by atoms with Gasteiger partial charge in [0.25, 0.3) is 0 Å². The zero-order valence-corrected chi connectivity index (χ0v) is 22.4. The van der Waals surface area contributed by atoms with Gasteiger partial charge in [0.2, 0.25) is 0 Å². The highest BCUT2D eigenvalue weighted by molar-refractivity contribution is 5.75. The molecule has 0 saturated heterocycles. The Balaban J connectivity index is 0.000000206. The molecular formula is C28H33F4N5O2. The molecule has 0 aliphatic heterocycles. The lowest BCUT2D eigenvalue weighted by Crippen LogP contribution is -2.13. The minimum Gasteiger partial charge on any atom is -0.466 e. The minimum atomic E-state index is -4.29. The number of hydrogen-bond acceptors (Lipinski definition) is 6. The zero-order valence-electron chi connectivity index (χ0n) is 22.4. The molecule has 0 fully saturated rings. The fourth-order valence-corrected chi connectivity index (χ4v) is 3.25. The second-order valence-corrected chi connectivity index (χ2v) is 8.73. The summed E-state index contributed by atoms with van der Waals surface area (Å²) >= 11 is 0. The number of esters is 1. The predicted molar refractivity (Wildman–Crippen MR) is 142 cm³/mol. The Morgan fingerprint density at radius 1 is 1.00 bits per heavy atom. The lowest BCUT2D eigenvalue weighted by atomic mass is 10.1. The first kappa shape index (κ1) is 31.4. The molecule has 7 nitrogen and oxygen atoms in total. The lowest BCUT2D eigenvalue weighted by molar-refractivity contribution is -0.143. The molecule has 0 aliphatic carbocycles. The van der Waals surface area contributed by atoms with Gasteiger partial charge >= 0.3 is 12.1 Å². The predicted octanol–water partition coefficient (Wildman–Crippen LogP) is 6.45. The minimum absolute atomic E-state index is 0.0729. The third-order valence-corrected chi connectivity index (χ3v) is 5.23. The molecule has 2 aromatic carbocycles. The highest BCUT2D eigenvalue weighted by atomic mass is 19.4. The lowest BCUT2D eigenvalue weighted by Gasteiger charge is -2.08. The van der Waals surface area contributed by atoms with Crippen LogP contribution in [0.1, 0.15) is 37.6 Å². The Morgan fingerprint density at radius 3 is 2.33 bits per heavy atom. The van der Waals surface area contributed by atoms with Crippen molar-refractivity contribution in [2.45, 2.75) is 39.3 Å². The van der Waals surface area contributed by atoms with Gasteiger partial charge in [0.15, 0.2) is 0 Å². The van der Waals surface area contributed by atoms with E-state index in [1.54, 1.807) is 18.5 Å². The van der Waals surface area contributed by atoms with Crippen molar-refractivity contribution in [3.63, 3.8) is 0 Å². The quantitative estimate of drug-likeness (QED) is 0.163. The van der Waals surface area contributed by atoms with Crippen LogP contribution in [0.5, 0.6) is 0 Å². The van der Waals surface area contributed by atoms with Gasteiger partial charge in [0.1, 0.15) is 11.6 Å². The third kappa shape index (κ3) is 11.6. The largest absolute Gasteiger partial charge is 0.466 e. The van der Waals surface area contributed by atoms with E-state index < -0.39 is 11.7 Å². The molecule has 4 rings (SSSR count). The molecule has 0 radical (unpaired) electrons. The van der Waals surface area contributed by atoms with E-state index >= 15 is 0 Å².